The summed E-state index contributed by atoms with van der Waals surface area (Å²) in [5.74, 6) is -0.433. The number of benzene rings is 2. The number of esters is 1. The van der Waals surface area contributed by atoms with Crippen LogP contribution in [0.4, 0.5) is 5.69 Å². The van der Waals surface area contributed by atoms with Crippen molar-refractivity contribution >= 4 is 22.7 Å². The molecule has 0 aliphatic rings. The maximum absolute atomic E-state index is 12.7. The Kier molecular flexibility index (Phi) is 5.88. The average Bonchev–Trinajstić information content (AvgIpc) is 2.97. The Morgan fingerprint density at radius 3 is 2.21 bits per heavy atom. The van der Waals surface area contributed by atoms with Gasteiger partial charge in [-0.05, 0) is 36.2 Å². The summed E-state index contributed by atoms with van der Waals surface area (Å²) in [6.07, 6.45) is 0.901. The van der Waals surface area contributed by atoms with Crippen molar-refractivity contribution in [2.75, 3.05) is 0 Å². The molecule has 1 heterocycles. The van der Waals surface area contributed by atoms with Gasteiger partial charge in [0, 0.05) is 25.2 Å². The molecule has 0 unspecified atom stereocenters. The van der Waals surface area contributed by atoms with Gasteiger partial charge in [0.2, 0.25) is 0 Å². The quantitative estimate of drug-likeness (QED) is 0.338. The fraction of sp³-hybridized carbons (Fsp3) is 0.300. The van der Waals surface area contributed by atoms with E-state index in [0.717, 1.165) is 17.5 Å². The van der Waals surface area contributed by atoms with Crippen LogP contribution >= 0.6 is 0 Å². The van der Waals surface area contributed by atoms with Crippen molar-refractivity contribution in [1.29, 1.82) is 0 Å². The summed E-state index contributed by atoms with van der Waals surface area (Å²) in [6.45, 7) is 2.89. The van der Waals surface area contributed by atoms with Gasteiger partial charge in [0.25, 0.3) is 5.69 Å². The summed E-state index contributed by atoms with van der Waals surface area (Å²) in [5.41, 5.74) is 2.16. The molecule has 1 aromatic heterocycles. The zero-order valence-electron chi connectivity index (χ0n) is 15.5. The third kappa shape index (κ3) is 4.11. The second-order valence-corrected chi connectivity index (χ2v) is 6.41. The zero-order chi connectivity index (χ0) is 20.1. The number of aryl methyl sites for hydroxylation is 2. The molecule has 8 nitrogen and oxygen atoms in total. The summed E-state index contributed by atoms with van der Waals surface area (Å²) in [7, 11) is 0. The highest BCUT2D eigenvalue weighted by Crippen LogP contribution is 2.15. The highest BCUT2D eigenvalue weighted by atomic mass is 16.6. The van der Waals surface area contributed by atoms with Crippen LogP contribution in [0.25, 0.3) is 11.0 Å². The maximum atomic E-state index is 12.7. The van der Waals surface area contributed by atoms with E-state index < -0.39 is 10.9 Å². The van der Waals surface area contributed by atoms with Gasteiger partial charge in [0.05, 0.1) is 22.4 Å². The van der Waals surface area contributed by atoms with Crippen LogP contribution in [0, 0.1) is 10.1 Å². The van der Waals surface area contributed by atoms with E-state index in [2.05, 4.69) is 0 Å². The largest absolute Gasteiger partial charge is 0.461 e. The molecule has 0 aliphatic carbocycles. The van der Waals surface area contributed by atoms with Crippen molar-refractivity contribution in [3.05, 3.63) is 74.7 Å². The smallest absolute Gasteiger partial charge is 0.329 e. The minimum Gasteiger partial charge on any atom is -0.461 e. The van der Waals surface area contributed by atoms with Gasteiger partial charge < -0.3 is 4.74 Å². The fourth-order valence-electron chi connectivity index (χ4n) is 3.08. The molecule has 0 N–H and O–H groups in total. The van der Waals surface area contributed by atoms with Gasteiger partial charge in [-0.2, -0.15) is 0 Å². The average molecular weight is 383 g/mol. The maximum Gasteiger partial charge on any atom is 0.329 e. The van der Waals surface area contributed by atoms with Crippen molar-refractivity contribution in [2.24, 2.45) is 0 Å². The van der Waals surface area contributed by atoms with E-state index >= 15 is 0 Å². The summed E-state index contributed by atoms with van der Waals surface area (Å²) >= 11 is 0. The predicted octanol–water partition coefficient (Wildman–Crippen LogP) is 3.25. The Balaban J connectivity index is 1.64. The van der Waals surface area contributed by atoms with E-state index in [9.17, 15) is 19.7 Å². The Bertz CT molecular complexity index is 1050. The number of fused-ring (bicyclic) bond motifs is 1. The molecule has 0 saturated heterocycles. The Morgan fingerprint density at radius 2 is 1.64 bits per heavy atom. The van der Waals surface area contributed by atoms with E-state index in [1.807, 2.05) is 31.2 Å². The molecule has 3 rings (SSSR count). The van der Waals surface area contributed by atoms with Crippen LogP contribution in [0.15, 0.2) is 53.3 Å². The minimum atomic E-state index is -0.484. The SMILES string of the molecule is CCCn1c(=O)n(CCC(=O)OCc2ccc([N+](=O)[O-])cc2)c2ccccc21. The van der Waals surface area contributed by atoms with Gasteiger partial charge in [-0.15, -0.1) is 0 Å². The lowest BCUT2D eigenvalue weighted by Crippen LogP contribution is -2.25. The Hall–Kier alpha value is -3.42. The number of para-hydroxylation sites is 2. The number of hydrogen-bond acceptors (Lipinski definition) is 5. The molecule has 8 heteroatoms. The number of hydrogen-bond donors (Lipinski definition) is 0. The number of nitro benzene ring substituents is 1. The molecule has 146 valence electrons. The van der Waals surface area contributed by atoms with E-state index in [1.54, 1.807) is 21.3 Å². The molecule has 2 aromatic carbocycles. The lowest BCUT2D eigenvalue weighted by molar-refractivity contribution is -0.384. The third-order valence-corrected chi connectivity index (χ3v) is 4.46. The third-order valence-electron chi connectivity index (χ3n) is 4.46. The van der Waals surface area contributed by atoms with Crippen LogP contribution < -0.4 is 5.69 Å². The van der Waals surface area contributed by atoms with Gasteiger partial charge >= 0.3 is 11.7 Å². The molecular formula is C20H21N3O5. The number of carbonyl (C=O) groups is 1. The van der Waals surface area contributed by atoms with E-state index in [1.165, 1.54) is 12.1 Å². The lowest BCUT2D eigenvalue weighted by Gasteiger charge is -2.06. The van der Waals surface area contributed by atoms with E-state index in [4.69, 9.17) is 4.74 Å². The lowest BCUT2D eigenvalue weighted by atomic mass is 10.2. The van der Waals surface area contributed by atoms with E-state index in [0.29, 0.717) is 12.1 Å². The summed E-state index contributed by atoms with van der Waals surface area (Å²) < 4.78 is 8.54. The highest BCUT2D eigenvalue weighted by Gasteiger charge is 2.14. The first-order valence-corrected chi connectivity index (χ1v) is 9.08. The molecule has 0 fully saturated rings. The van der Waals surface area contributed by atoms with Crippen molar-refractivity contribution in [2.45, 2.75) is 39.5 Å². The van der Waals surface area contributed by atoms with Crippen LogP contribution in [0.1, 0.15) is 25.3 Å². The van der Waals surface area contributed by atoms with Crippen LogP contribution in [0.5, 0.6) is 0 Å². The highest BCUT2D eigenvalue weighted by molar-refractivity contribution is 5.76. The topological polar surface area (TPSA) is 96.4 Å². The minimum absolute atomic E-state index is 0.0158. The molecular weight excluding hydrogens is 362 g/mol. The monoisotopic (exact) mass is 383 g/mol. The van der Waals surface area contributed by atoms with Crippen LogP contribution in [-0.4, -0.2) is 20.0 Å². The van der Waals surface area contributed by atoms with Gasteiger partial charge in [0.15, 0.2) is 0 Å². The van der Waals surface area contributed by atoms with Crippen molar-refractivity contribution in [3.8, 4) is 0 Å². The summed E-state index contributed by atoms with van der Waals surface area (Å²) in [4.78, 5) is 34.9. The van der Waals surface area contributed by atoms with Crippen molar-refractivity contribution in [3.63, 3.8) is 0 Å². The first kappa shape index (κ1) is 19.3. The molecule has 3 aromatic rings. The number of non-ortho nitro benzene ring substituents is 1. The first-order chi connectivity index (χ1) is 13.5. The number of nitrogens with zero attached hydrogens (tertiary/aromatic N) is 3. The molecule has 0 aliphatic heterocycles. The van der Waals surface area contributed by atoms with Crippen LogP contribution in [0.2, 0.25) is 0 Å². The standard InChI is InChI=1S/C20H21N3O5/c1-2-12-21-17-5-3-4-6-18(17)22(20(21)25)13-11-19(24)28-14-15-7-9-16(10-8-15)23(26)27/h3-10H,2,11-14H2,1H3. The van der Waals surface area contributed by atoms with Gasteiger partial charge in [-0.3, -0.25) is 24.0 Å². The number of rotatable bonds is 8. The van der Waals surface area contributed by atoms with Gasteiger partial charge in [-0.25, -0.2) is 4.79 Å². The normalized spacial score (nSPS) is 10.9. The van der Waals surface area contributed by atoms with Crippen LogP contribution in [0.3, 0.4) is 0 Å². The predicted molar refractivity (Wildman–Crippen MR) is 104 cm³/mol. The van der Waals surface area contributed by atoms with Gasteiger partial charge in [0.1, 0.15) is 6.61 Å². The molecule has 28 heavy (non-hydrogen) atoms. The van der Waals surface area contributed by atoms with Gasteiger partial charge in [-0.1, -0.05) is 19.1 Å². The molecule has 0 bridgehead atoms. The Labute approximate surface area is 161 Å². The number of nitro groups is 1. The Morgan fingerprint density at radius 1 is 1.04 bits per heavy atom. The van der Waals surface area contributed by atoms with Crippen molar-refractivity contribution in [1.82, 2.24) is 9.13 Å². The molecule has 0 saturated carbocycles. The molecule has 0 spiro atoms. The number of aromatic nitrogens is 2. The molecule has 0 radical (unpaired) electrons. The summed E-state index contributed by atoms with van der Waals surface area (Å²) in [6, 6.07) is 13.3. The zero-order valence-corrected chi connectivity index (χ0v) is 15.5. The summed E-state index contributed by atoms with van der Waals surface area (Å²) in [5, 5.41) is 10.7. The number of imidazole rings is 1. The molecule has 0 amide bonds. The van der Waals surface area contributed by atoms with Crippen molar-refractivity contribution < 1.29 is 14.5 Å². The van der Waals surface area contributed by atoms with Crippen LogP contribution in [-0.2, 0) is 29.2 Å². The first-order valence-electron chi connectivity index (χ1n) is 9.08. The molecule has 0 atom stereocenters. The van der Waals surface area contributed by atoms with E-state index in [-0.39, 0.29) is 30.9 Å². The number of ether oxygens (including phenoxy) is 1. The number of carbonyl (C=O) groups excluding carboxylic acids is 1. The fourth-order valence-corrected chi connectivity index (χ4v) is 3.08. The second kappa shape index (κ2) is 8.51. The second-order valence-electron chi connectivity index (χ2n) is 6.41.